The number of likely N-dealkylation sites (tertiary alicyclic amines) is 1. The molecule has 0 atom stereocenters. The van der Waals surface area contributed by atoms with Gasteiger partial charge in [0.25, 0.3) is 0 Å². The van der Waals surface area contributed by atoms with Gasteiger partial charge in [-0.3, -0.25) is 9.69 Å². The van der Waals surface area contributed by atoms with Crippen LogP contribution in [0.15, 0.2) is 48.2 Å². The number of methoxy groups -OCH3 is 1. The zero-order valence-corrected chi connectivity index (χ0v) is 16.7. The lowest BCUT2D eigenvalue weighted by Crippen LogP contribution is -2.25. The molecule has 0 spiro atoms. The number of carbonyl (C=O) groups is 1. The van der Waals surface area contributed by atoms with Crippen LogP contribution in [0.4, 0.5) is 0 Å². The summed E-state index contributed by atoms with van der Waals surface area (Å²) in [6.07, 6.45) is 4.30. The highest BCUT2D eigenvalue weighted by molar-refractivity contribution is 6.14. The molecule has 2 aromatic carbocycles. The molecule has 0 unspecified atom stereocenters. The Morgan fingerprint density at radius 3 is 2.50 bits per heavy atom. The first-order valence-corrected chi connectivity index (χ1v) is 9.30. The molecule has 0 N–H and O–H groups in total. The summed E-state index contributed by atoms with van der Waals surface area (Å²) in [6.45, 7) is 3.89. The van der Waals surface area contributed by atoms with Gasteiger partial charge in [0.15, 0.2) is 5.76 Å². The van der Waals surface area contributed by atoms with Gasteiger partial charge in [-0.2, -0.15) is 0 Å². The topological polar surface area (TPSA) is 48.0 Å². The highest BCUT2D eigenvalue weighted by Crippen LogP contribution is 2.35. The van der Waals surface area contributed by atoms with Crippen molar-refractivity contribution in [2.24, 2.45) is 0 Å². The molecule has 0 amide bonds. The number of ketones is 1. The van der Waals surface area contributed by atoms with Crippen LogP contribution in [0, 0.1) is 0 Å². The van der Waals surface area contributed by atoms with Gasteiger partial charge >= 0.3 is 0 Å². The summed E-state index contributed by atoms with van der Waals surface area (Å²) in [5.74, 6) is 2.27. The highest BCUT2D eigenvalue weighted by atomic mass is 35.5. The van der Waals surface area contributed by atoms with Crippen molar-refractivity contribution < 1.29 is 19.0 Å². The van der Waals surface area contributed by atoms with Crippen molar-refractivity contribution in [3.05, 3.63) is 59.4 Å². The molecule has 0 bridgehead atoms. The highest BCUT2D eigenvalue weighted by Gasteiger charge is 2.27. The van der Waals surface area contributed by atoms with Gasteiger partial charge in [-0.15, -0.1) is 12.4 Å². The standard InChI is InChI=1S/C22H23NO4.ClH/c1-25-17-6-4-16(5-7-17)14-21-22(24)19-9-8-18(15-20(19)27-21)26-13-12-23-10-2-3-11-23;/h4-9,14-15H,2-3,10-13H2,1H3;1H/b21-14-;. The fourth-order valence-electron chi connectivity index (χ4n) is 3.41. The van der Waals surface area contributed by atoms with Crippen molar-refractivity contribution in [3.63, 3.8) is 0 Å². The van der Waals surface area contributed by atoms with Crippen molar-refractivity contribution in [2.75, 3.05) is 33.4 Å². The van der Waals surface area contributed by atoms with E-state index in [0.29, 0.717) is 23.7 Å². The maximum atomic E-state index is 12.6. The Hall–Kier alpha value is -2.50. The largest absolute Gasteiger partial charge is 0.497 e. The Bertz CT molecular complexity index is 857. The van der Waals surface area contributed by atoms with E-state index in [1.165, 1.54) is 12.8 Å². The molecule has 0 saturated carbocycles. The summed E-state index contributed by atoms with van der Waals surface area (Å²) in [5.41, 5.74) is 1.45. The van der Waals surface area contributed by atoms with E-state index in [1.54, 1.807) is 25.3 Å². The van der Waals surface area contributed by atoms with Crippen molar-refractivity contribution in [2.45, 2.75) is 12.8 Å². The fraction of sp³-hybridized carbons (Fsp3) is 0.318. The molecular formula is C22H24ClNO4. The number of carbonyl (C=O) groups excluding carboxylic acids is 1. The van der Waals surface area contributed by atoms with Gasteiger partial charge in [0, 0.05) is 12.6 Å². The van der Waals surface area contributed by atoms with Crippen LogP contribution in [0.25, 0.3) is 6.08 Å². The van der Waals surface area contributed by atoms with Crippen LogP contribution in [-0.4, -0.2) is 44.0 Å². The SMILES string of the molecule is COc1ccc(/C=C2\Oc3cc(OCCN4CCCC4)ccc3C2=O)cc1.Cl. The van der Waals surface area contributed by atoms with Gasteiger partial charge in [-0.25, -0.2) is 0 Å². The van der Waals surface area contributed by atoms with E-state index < -0.39 is 0 Å². The number of Topliss-reactive ketones (excluding diaryl/α,β-unsaturated/α-hetero) is 1. The summed E-state index contributed by atoms with van der Waals surface area (Å²) in [6, 6.07) is 12.9. The molecule has 0 aliphatic carbocycles. The van der Waals surface area contributed by atoms with Crippen LogP contribution in [0.2, 0.25) is 0 Å². The molecule has 2 aliphatic rings. The molecule has 2 heterocycles. The minimum atomic E-state index is -0.107. The van der Waals surface area contributed by atoms with Crippen LogP contribution < -0.4 is 14.2 Å². The third-order valence-electron chi connectivity index (χ3n) is 4.93. The van der Waals surface area contributed by atoms with E-state index in [2.05, 4.69) is 4.90 Å². The lowest BCUT2D eigenvalue weighted by Gasteiger charge is -2.15. The second kappa shape index (κ2) is 9.13. The first-order chi connectivity index (χ1) is 13.2. The predicted octanol–water partition coefficient (Wildman–Crippen LogP) is 4.21. The molecule has 4 rings (SSSR count). The minimum Gasteiger partial charge on any atom is -0.497 e. The zero-order chi connectivity index (χ0) is 18.6. The Morgan fingerprint density at radius 2 is 1.79 bits per heavy atom. The van der Waals surface area contributed by atoms with Crippen molar-refractivity contribution in [1.82, 2.24) is 4.90 Å². The minimum absolute atomic E-state index is 0. The Labute approximate surface area is 171 Å². The molecule has 0 radical (unpaired) electrons. The number of ether oxygens (including phenoxy) is 3. The van der Waals surface area contributed by atoms with Crippen molar-refractivity contribution >= 4 is 24.3 Å². The maximum Gasteiger partial charge on any atom is 0.231 e. The molecule has 2 aromatic rings. The lowest BCUT2D eigenvalue weighted by molar-refractivity contribution is 0.101. The molecule has 1 saturated heterocycles. The van der Waals surface area contributed by atoms with Crippen LogP contribution in [0.5, 0.6) is 17.2 Å². The van der Waals surface area contributed by atoms with Gasteiger partial charge in [-0.05, 0) is 61.8 Å². The van der Waals surface area contributed by atoms with Crippen LogP contribution in [0.1, 0.15) is 28.8 Å². The molecule has 148 valence electrons. The molecule has 0 aromatic heterocycles. The fourth-order valence-corrected chi connectivity index (χ4v) is 3.41. The molecule has 2 aliphatic heterocycles. The van der Waals surface area contributed by atoms with E-state index in [4.69, 9.17) is 14.2 Å². The van der Waals surface area contributed by atoms with E-state index in [9.17, 15) is 4.79 Å². The summed E-state index contributed by atoms with van der Waals surface area (Å²) in [4.78, 5) is 15.0. The number of fused-ring (bicyclic) bond motifs is 1. The van der Waals surface area contributed by atoms with Gasteiger partial charge in [0.1, 0.15) is 23.9 Å². The van der Waals surface area contributed by atoms with E-state index in [1.807, 2.05) is 30.3 Å². The summed E-state index contributed by atoms with van der Waals surface area (Å²) >= 11 is 0. The first-order valence-electron chi connectivity index (χ1n) is 9.30. The van der Waals surface area contributed by atoms with Crippen molar-refractivity contribution in [1.29, 1.82) is 0 Å². The number of hydrogen-bond acceptors (Lipinski definition) is 5. The maximum absolute atomic E-state index is 12.6. The Kier molecular flexibility index (Phi) is 6.60. The molecular weight excluding hydrogens is 378 g/mol. The second-order valence-corrected chi connectivity index (χ2v) is 6.77. The molecule has 1 fully saturated rings. The number of benzene rings is 2. The number of nitrogens with zero attached hydrogens (tertiary/aromatic N) is 1. The monoisotopic (exact) mass is 401 g/mol. The Morgan fingerprint density at radius 1 is 1.07 bits per heavy atom. The Balaban J connectivity index is 0.00000225. The van der Waals surface area contributed by atoms with Gasteiger partial charge in [0.05, 0.1) is 12.7 Å². The number of rotatable bonds is 6. The predicted molar refractivity (Wildman–Crippen MR) is 111 cm³/mol. The normalized spacial score (nSPS) is 17.2. The van der Waals surface area contributed by atoms with Crippen LogP contribution in [0.3, 0.4) is 0 Å². The first kappa shape index (κ1) is 20.2. The molecule has 6 heteroatoms. The summed E-state index contributed by atoms with van der Waals surface area (Å²) in [5, 5.41) is 0. The number of hydrogen-bond donors (Lipinski definition) is 0. The van der Waals surface area contributed by atoms with Crippen LogP contribution in [-0.2, 0) is 0 Å². The second-order valence-electron chi connectivity index (χ2n) is 6.77. The zero-order valence-electron chi connectivity index (χ0n) is 15.8. The lowest BCUT2D eigenvalue weighted by atomic mass is 10.1. The van der Waals surface area contributed by atoms with Crippen LogP contribution >= 0.6 is 12.4 Å². The third kappa shape index (κ3) is 4.49. The van der Waals surface area contributed by atoms with E-state index in [0.717, 1.165) is 36.7 Å². The van der Waals surface area contributed by atoms with Crippen molar-refractivity contribution in [3.8, 4) is 17.2 Å². The molecule has 5 nitrogen and oxygen atoms in total. The van der Waals surface area contributed by atoms with Gasteiger partial charge in [0.2, 0.25) is 5.78 Å². The smallest absolute Gasteiger partial charge is 0.231 e. The molecule has 28 heavy (non-hydrogen) atoms. The number of allylic oxidation sites excluding steroid dienone is 1. The quantitative estimate of drug-likeness (QED) is 0.678. The number of halogens is 1. The summed E-state index contributed by atoms with van der Waals surface area (Å²) < 4.78 is 16.8. The average Bonchev–Trinajstić information content (AvgIpc) is 3.31. The van der Waals surface area contributed by atoms with Gasteiger partial charge < -0.3 is 14.2 Å². The van der Waals surface area contributed by atoms with E-state index >= 15 is 0 Å². The summed E-state index contributed by atoms with van der Waals surface area (Å²) in [7, 11) is 1.62. The average molecular weight is 402 g/mol. The van der Waals surface area contributed by atoms with E-state index in [-0.39, 0.29) is 18.2 Å². The van der Waals surface area contributed by atoms with Gasteiger partial charge in [-0.1, -0.05) is 12.1 Å². The third-order valence-corrected chi connectivity index (χ3v) is 4.93.